The van der Waals surface area contributed by atoms with E-state index in [0.29, 0.717) is 11.6 Å². The van der Waals surface area contributed by atoms with Crippen molar-refractivity contribution in [2.45, 2.75) is 52.1 Å². The molecule has 0 heterocycles. The first kappa shape index (κ1) is 31.1. The molecule has 0 saturated heterocycles. The van der Waals surface area contributed by atoms with E-state index in [1.165, 1.54) is 48.2 Å². The van der Waals surface area contributed by atoms with E-state index in [0.717, 1.165) is 15.4 Å². The Morgan fingerprint density at radius 1 is 0.975 bits per heavy atom. The molecule has 40 heavy (non-hydrogen) atoms. The fraction of sp³-hybridized carbons (Fsp3) is 0.333. The third kappa shape index (κ3) is 7.61. The molecule has 214 valence electrons. The van der Waals surface area contributed by atoms with Gasteiger partial charge in [-0.15, -0.1) is 0 Å². The van der Waals surface area contributed by atoms with Gasteiger partial charge in [0.1, 0.15) is 18.4 Å². The van der Waals surface area contributed by atoms with E-state index < -0.39 is 40.2 Å². The number of carbonyl (C=O) groups excluding carboxylic acids is 2. The van der Waals surface area contributed by atoms with E-state index >= 15 is 0 Å². The summed E-state index contributed by atoms with van der Waals surface area (Å²) < 4.78 is 43.3. The molecule has 1 N–H and O–H groups in total. The number of amides is 2. The van der Waals surface area contributed by atoms with E-state index in [1.807, 2.05) is 20.8 Å². The van der Waals surface area contributed by atoms with Gasteiger partial charge in [0.25, 0.3) is 10.0 Å². The Kier molecular flexibility index (Phi) is 10.3. The van der Waals surface area contributed by atoms with Gasteiger partial charge in [0.2, 0.25) is 11.8 Å². The predicted octanol–water partition coefficient (Wildman–Crippen LogP) is 5.48. The van der Waals surface area contributed by atoms with Crippen molar-refractivity contribution in [1.82, 2.24) is 10.2 Å². The summed E-state index contributed by atoms with van der Waals surface area (Å²) in [6.45, 7) is 8.56. The van der Waals surface area contributed by atoms with Gasteiger partial charge >= 0.3 is 0 Å². The topological polar surface area (TPSA) is 86.8 Å². The number of nitrogens with one attached hydrogen (secondary N) is 1. The fourth-order valence-electron chi connectivity index (χ4n) is 3.95. The molecule has 0 aliphatic heterocycles. The summed E-state index contributed by atoms with van der Waals surface area (Å²) in [5.74, 6) is -1.47. The van der Waals surface area contributed by atoms with Crippen molar-refractivity contribution in [1.29, 1.82) is 0 Å². The number of anilines is 1. The Hall–Kier alpha value is -3.43. The molecule has 2 amide bonds. The highest BCUT2D eigenvalue weighted by molar-refractivity contribution is 7.92. The number of rotatable bonds is 11. The Morgan fingerprint density at radius 2 is 1.62 bits per heavy atom. The molecular weight excluding hydrogens is 553 g/mol. The average molecular weight is 588 g/mol. The summed E-state index contributed by atoms with van der Waals surface area (Å²) >= 11 is 6.34. The van der Waals surface area contributed by atoms with Crippen LogP contribution in [0, 0.1) is 25.6 Å². The van der Waals surface area contributed by atoms with Gasteiger partial charge in [-0.3, -0.25) is 13.9 Å². The lowest BCUT2D eigenvalue weighted by Crippen LogP contribution is -2.51. The van der Waals surface area contributed by atoms with E-state index in [9.17, 15) is 22.4 Å². The molecule has 0 saturated carbocycles. The normalized spacial score (nSPS) is 12.2. The van der Waals surface area contributed by atoms with Crippen molar-refractivity contribution < 1.29 is 22.4 Å². The number of benzene rings is 3. The lowest BCUT2D eigenvalue weighted by molar-refractivity contribution is -0.139. The number of hydrogen-bond acceptors (Lipinski definition) is 4. The lowest BCUT2D eigenvalue weighted by Gasteiger charge is -2.32. The van der Waals surface area contributed by atoms with Crippen LogP contribution in [0.25, 0.3) is 0 Å². The predicted molar refractivity (Wildman–Crippen MR) is 156 cm³/mol. The Balaban J connectivity index is 2.05. The number of nitrogens with zero attached hydrogens (tertiary/aromatic N) is 2. The third-order valence-corrected chi connectivity index (χ3v) is 8.68. The zero-order valence-corrected chi connectivity index (χ0v) is 24.9. The first-order valence-electron chi connectivity index (χ1n) is 13.0. The van der Waals surface area contributed by atoms with Crippen molar-refractivity contribution in [3.8, 4) is 0 Å². The summed E-state index contributed by atoms with van der Waals surface area (Å²) in [7, 11) is -4.22. The van der Waals surface area contributed by atoms with Crippen molar-refractivity contribution in [3.05, 3.63) is 94.3 Å². The molecule has 0 fully saturated rings. The highest BCUT2D eigenvalue weighted by Gasteiger charge is 2.33. The second-order valence-corrected chi connectivity index (χ2v) is 12.5. The summed E-state index contributed by atoms with van der Waals surface area (Å²) in [4.78, 5) is 28.1. The van der Waals surface area contributed by atoms with Gasteiger partial charge in [-0.25, -0.2) is 12.8 Å². The van der Waals surface area contributed by atoms with Gasteiger partial charge in [0, 0.05) is 23.7 Å². The molecule has 0 radical (unpaired) electrons. The Labute approximate surface area is 241 Å². The van der Waals surface area contributed by atoms with Gasteiger partial charge in [0.15, 0.2) is 0 Å². The molecule has 0 unspecified atom stereocenters. The molecule has 0 aliphatic carbocycles. The molecule has 7 nitrogen and oxygen atoms in total. The summed E-state index contributed by atoms with van der Waals surface area (Å²) in [5.41, 5.74) is 2.00. The minimum atomic E-state index is -4.22. The standard InChI is InChI=1S/C30H35ClFN3O4S/c1-20(2)17-33-30(37)23(5)34(18-24-8-6-7-9-28(24)32)29(36)19-35(25-13-12-22(4)27(31)16-25)40(38,39)26-14-10-21(3)11-15-26/h6-16,20,23H,17-19H2,1-5H3,(H,33,37)/t23-/m0/s1. The molecule has 0 aromatic heterocycles. The van der Waals surface area contributed by atoms with Crippen molar-refractivity contribution >= 4 is 39.1 Å². The van der Waals surface area contributed by atoms with Gasteiger partial charge in [0.05, 0.1) is 10.6 Å². The first-order chi connectivity index (χ1) is 18.8. The van der Waals surface area contributed by atoms with Crippen LogP contribution in [-0.2, 0) is 26.2 Å². The van der Waals surface area contributed by atoms with Crippen LogP contribution in [-0.4, -0.2) is 44.3 Å². The summed E-state index contributed by atoms with van der Waals surface area (Å²) in [5, 5.41) is 3.13. The largest absolute Gasteiger partial charge is 0.354 e. The van der Waals surface area contributed by atoms with Crippen LogP contribution in [0.5, 0.6) is 0 Å². The number of halogens is 2. The molecule has 0 spiro atoms. The van der Waals surface area contributed by atoms with E-state index in [4.69, 9.17) is 11.6 Å². The van der Waals surface area contributed by atoms with E-state index in [2.05, 4.69) is 5.32 Å². The molecule has 3 aromatic carbocycles. The highest BCUT2D eigenvalue weighted by atomic mass is 35.5. The van der Waals surface area contributed by atoms with Gasteiger partial charge in [-0.2, -0.15) is 0 Å². The van der Waals surface area contributed by atoms with Crippen molar-refractivity contribution in [3.63, 3.8) is 0 Å². The van der Waals surface area contributed by atoms with Crippen LogP contribution in [0.1, 0.15) is 37.5 Å². The van der Waals surface area contributed by atoms with Crippen molar-refractivity contribution in [2.75, 3.05) is 17.4 Å². The minimum absolute atomic E-state index is 0.00836. The van der Waals surface area contributed by atoms with Crippen LogP contribution in [0.4, 0.5) is 10.1 Å². The molecule has 1 atom stereocenters. The van der Waals surface area contributed by atoms with Crippen molar-refractivity contribution in [2.24, 2.45) is 5.92 Å². The second kappa shape index (κ2) is 13.3. The SMILES string of the molecule is Cc1ccc(S(=O)(=O)N(CC(=O)N(Cc2ccccc2F)[C@@H](C)C(=O)NCC(C)C)c2ccc(C)c(Cl)c2)cc1. The number of sulfonamides is 1. The molecule has 3 aromatic rings. The Bertz CT molecular complexity index is 1460. The molecule has 0 bridgehead atoms. The molecule has 3 rings (SSSR count). The van der Waals surface area contributed by atoms with Crippen LogP contribution >= 0.6 is 11.6 Å². The zero-order valence-electron chi connectivity index (χ0n) is 23.3. The summed E-state index contributed by atoms with van der Waals surface area (Å²) in [6.07, 6.45) is 0. The molecule has 10 heteroatoms. The zero-order chi connectivity index (χ0) is 29.6. The second-order valence-electron chi connectivity index (χ2n) is 10.2. The lowest BCUT2D eigenvalue weighted by atomic mass is 10.1. The Morgan fingerprint density at radius 3 is 2.23 bits per heavy atom. The average Bonchev–Trinajstić information content (AvgIpc) is 2.91. The van der Waals surface area contributed by atoms with Crippen LogP contribution in [0.3, 0.4) is 0 Å². The van der Waals surface area contributed by atoms with Crippen LogP contribution < -0.4 is 9.62 Å². The fourth-order valence-corrected chi connectivity index (χ4v) is 5.53. The highest BCUT2D eigenvalue weighted by Crippen LogP contribution is 2.29. The first-order valence-corrected chi connectivity index (χ1v) is 14.8. The van der Waals surface area contributed by atoms with Crippen LogP contribution in [0.15, 0.2) is 71.6 Å². The molecule has 0 aliphatic rings. The summed E-state index contributed by atoms with van der Waals surface area (Å²) in [6, 6.07) is 15.9. The van der Waals surface area contributed by atoms with Gasteiger partial charge in [-0.1, -0.05) is 67.4 Å². The van der Waals surface area contributed by atoms with Gasteiger partial charge < -0.3 is 10.2 Å². The van der Waals surface area contributed by atoms with E-state index in [-0.39, 0.29) is 28.6 Å². The third-order valence-electron chi connectivity index (χ3n) is 6.48. The van der Waals surface area contributed by atoms with Gasteiger partial charge in [-0.05, 0) is 62.6 Å². The maximum Gasteiger partial charge on any atom is 0.264 e. The number of carbonyl (C=O) groups is 2. The monoisotopic (exact) mass is 587 g/mol. The molecular formula is C30H35ClFN3O4S. The van der Waals surface area contributed by atoms with E-state index in [1.54, 1.807) is 37.3 Å². The number of aryl methyl sites for hydroxylation is 2. The maximum absolute atomic E-state index is 14.6. The minimum Gasteiger partial charge on any atom is -0.354 e. The maximum atomic E-state index is 14.6. The quantitative estimate of drug-likeness (QED) is 0.322. The number of hydrogen-bond donors (Lipinski definition) is 1. The van der Waals surface area contributed by atoms with Crippen LogP contribution in [0.2, 0.25) is 5.02 Å². The smallest absolute Gasteiger partial charge is 0.264 e.